The van der Waals surface area contributed by atoms with E-state index in [4.69, 9.17) is 0 Å². The Bertz CT molecular complexity index is 580. The second kappa shape index (κ2) is 6.29. The predicted octanol–water partition coefficient (Wildman–Crippen LogP) is 1.13. The zero-order valence-corrected chi connectivity index (χ0v) is 13.7. The Morgan fingerprint density at radius 3 is 2.67 bits per heavy atom. The zero-order chi connectivity index (χ0) is 15.5. The number of rotatable bonds is 5. The molecule has 1 aromatic rings. The lowest BCUT2D eigenvalue weighted by Crippen LogP contribution is -2.43. The molecule has 2 heterocycles. The van der Waals surface area contributed by atoms with Crippen LogP contribution in [-0.4, -0.2) is 52.0 Å². The van der Waals surface area contributed by atoms with Gasteiger partial charge in [-0.2, -0.15) is 0 Å². The van der Waals surface area contributed by atoms with E-state index in [9.17, 15) is 8.42 Å². The third-order valence-electron chi connectivity index (χ3n) is 4.23. The number of hydrogen-bond acceptors (Lipinski definition) is 5. The molecule has 1 aromatic heterocycles. The van der Waals surface area contributed by atoms with E-state index >= 15 is 0 Å². The van der Waals surface area contributed by atoms with Gasteiger partial charge in [0.25, 0.3) is 0 Å². The molecule has 0 aromatic carbocycles. The molecule has 2 rings (SSSR count). The summed E-state index contributed by atoms with van der Waals surface area (Å²) in [6.45, 7) is 4.62. The summed E-state index contributed by atoms with van der Waals surface area (Å²) < 4.78 is 27.7. The molecule has 0 spiro atoms. The highest BCUT2D eigenvalue weighted by Crippen LogP contribution is 2.30. The van der Waals surface area contributed by atoms with E-state index in [-0.39, 0.29) is 10.3 Å². The molecule has 0 atom stereocenters. The van der Waals surface area contributed by atoms with Gasteiger partial charge in [-0.3, -0.25) is 4.98 Å². The maximum Gasteiger partial charge on any atom is 0.244 e. The Labute approximate surface area is 127 Å². The minimum absolute atomic E-state index is 0.0155. The van der Waals surface area contributed by atoms with Crippen molar-refractivity contribution in [3.8, 4) is 0 Å². The predicted molar refractivity (Wildman–Crippen MR) is 83.8 cm³/mol. The SMILES string of the molecule is CNc1ccncc1S(=O)(=O)NCC1(C)CCN(C)CC1. The smallest absolute Gasteiger partial charge is 0.244 e. The first-order chi connectivity index (χ1) is 9.86. The van der Waals surface area contributed by atoms with Crippen LogP contribution in [0.3, 0.4) is 0 Å². The van der Waals surface area contributed by atoms with Crippen LogP contribution in [0.1, 0.15) is 19.8 Å². The molecule has 0 unspecified atom stereocenters. The molecule has 1 fully saturated rings. The van der Waals surface area contributed by atoms with Crippen molar-refractivity contribution in [3.05, 3.63) is 18.5 Å². The van der Waals surface area contributed by atoms with Crippen LogP contribution in [0, 0.1) is 5.41 Å². The molecule has 1 saturated heterocycles. The molecule has 118 valence electrons. The van der Waals surface area contributed by atoms with E-state index in [2.05, 4.69) is 33.9 Å². The van der Waals surface area contributed by atoms with Gasteiger partial charge < -0.3 is 10.2 Å². The largest absolute Gasteiger partial charge is 0.387 e. The van der Waals surface area contributed by atoms with Gasteiger partial charge in [0, 0.05) is 26.0 Å². The molecule has 21 heavy (non-hydrogen) atoms. The fourth-order valence-corrected chi connectivity index (χ4v) is 3.84. The van der Waals surface area contributed by atoms with Crippen molar-refractivity contribution in [2.24, 2.45) is 5.41 Å². The number of sulfonamides is 1. The van der Waals surface area contributed by atoms with Crippen LogP contribution in [0.2, 0.25) is 0 Å². The van der Waals surface area contributed by atoms with Crippen LogP contribution in [-0.2, 0) is 10.0 Å². The van der Waals surface area contributed by atoms with Gasteiger partial charge >= 0.3 is 0 Å². The Hall–Kier alpha value is -1.18. The lowest BCUT2D eigenvalue weighted by atomic mass is 9.81. The zero-order valence-electron chi connectivity index (χ0n) is 12.9. The number of aromatic nitrogens is 1. The normalized spacial score (nSPS) is 19.4. The minimum Gasteiger partial charge on any atom is -0.387 e. The molecule has 2 N–H and O–H groups in total. The molecule has 1 aliphatic heterocycles. The maximum atomic E-state index is 12.5. The van der Waals surface area contributed by atoms with Crippen molar-refractivity contribution in [3.63, 3.8) is 0 Å². The van der Waals surface area contributed by atoms with E-state index in [0.717, 1.165) is 25.9 Å². The number of nitrogens with zero attached hydrogens (tertiary/aromatic N) is 2. The van der Waals surface area contributed by atoms with Gasteiger partial charge in [-0.25, -0.2) is 13.1 Å². The van der Waals surface area contributed by atoms with Crippen LogP contribution >= 0.6 is 0 Å². The van der Waals surface area contributed by atoms with E-state index < -0.39 is 10.0 Å². The number of hydrogen-bond donors (Lipinski definition) is 2. The van der Waals surface area contributed by atoms with Crippen LogP contribution in [0.15, 0.2) is 23.4 Å². The monoisotopic (exact) mass is 312 g/mol. The van der Waals surface area contributed by atoms with E-state index in [1.165, 1.54) is 6.20 Å². The third kappa shape index (κ3) is 3.93. The van der Waals surface area contributed by atoms with Gasteiger partial charge in [-0.15, -0.1) is 0 Å². The number of nitrogens with one attached hydrogen (secondary N) is 2. The Kier molecular flexibility index (Phi) is 4.85. The Morgan fingerprint density at radius 2 is 2.05 bits per heavy atom. The van der Waals surface area contributed by atoms with Crippen molar-refractivity contribution in [2.75, 3.05) is 39.0 Å². The van der Waals surface area contributed by atoms with Crippen molar-refractivity contribution < 1.29 is 8.42 Å². The van der Waals surface area contributed by atoms with E-state index in [1.54, 1.807) is 19.3 Å². The number of anilines is 1. The highest BCUT2D eigenvalue weighted by Gasteiger charge is 2.31. The first-order valence-corrected chi connectivity index (χ1v) is 8.65. The summed E-state index contributed by atoms with van der Waals surface area (Å²) in [6, 6.07) is 1.66. The molecule has 0 amide bonds. The van der Waals surface area contributed by atoms with Crippen molar-refractivity contribution in [2.45, 2.75) is 24.7 Å². The molecular formula is C14H24N4O2S. The summed E-state index contributed by atoms with van der Waals surface area (Å²) in [5, 5.41) is 2.89. The standard InChI is InChI=1S/C14H24N4O2S/c1-14(5-8-18(3)9-6-14)11-17-21(19,20)13-10-16-7-4-12(13)15-2/h4,7,10,17H,5-6,8-9,11H2,1-3H3,(H,15,16). The lowest BCUT2D eigenvalue weighted by molar-refractivity contribution is 0.143. The summed E-state index contributed by atoms with van der Waals surface area (Å²) in [5.41, 5.74) is 0.577. The van der Waals surface area contributed by atoms with Gasteiger partial charge in [0.1, 0.15) is 4.90 Å². The Balaban J connectivity index is 2.08. The van der Waals surface area contributed by atoms with Gasteiger partial charge in [-0.05, 0) is 44.5 Å². The van der Waals surface area contributed by atoms with Crippen LogP contribution < -0.4 is 10.0 Å². The molecule has 0 radical (unpaired) electrons. The van der Waals surface area contributed by atoms with Crippen LogP contribution in [0.5, 0.6) is 0 Å². The second-order valence-electron chi connectivity index (χ2n) is 6.06. The Morgan fingerprint density at radius 1 is 1.38 bits per heavy atom. The maximum absolute atomic E-state index is 12.5. The molecule has 7 heteroatoms. The van der Waals surface area contributed by atoms with Gasteiger partial charge in [0.2, 0.25) is 10.0 Å². The molecular weight excluding hydrogens is 288 g/mol. The van der Waals surface area contributed by atoms with Gasteiger partial charge in [-0.1, -0.05) is 6.92 Å². The van der Waals surface area contributed by atoms with Gasteiger partial charge in [0.15, 0.2) is 0 Å². The highest BCUT2D eigenvalue weighted by molar-refractivity contribution is 7.89. The van der Waals surface area contributed by atoms with Crippen molar-refractivity contribution in [1.82, 2.24) is 14.6 Å². The fraction of sp³-hybridized carbons (Fsp3) is 0.643. The molecule has 1 aliphatic rings. The lowest BCUT2D eigenvalue weighted by Gasteiger charge is -2.37. The number of pyridine rings is 1. The molecule has 0 aliphatic carbocycles. The molecule has 6 nitrogen and oxygen atoms in total. The summed E-state index contributed by atoms with van der Waals surface area (Å²) in [7, 11) is 0.254. The average molecular weight is 312 g/mol. The van der Waals surface area contributed by atoms with Crippen LogP contribution in [0.4, 0.5) is 5.69 Å². The molecule has 0 bridgehead atoms. The fourth-order valence-electron chi connectivity index (χ4n) is 2.48. The second-order valence-corrected chi connectivity index (χ2v) is 7.80. The third-order valence-corrected chi connectivity index (χ3v) is 5.66. The quantitative estimate of drug-likeness (QED) is 0.853. The summed E-state index contributed by atoms with van der Waals surface area (Å²) in [6.07, 6.45) is 4.95. The first-order valence-electron chi connectivity index (χ1n) is 7.16. The minimum atomic E-state index is -3.54. The van der Waals surface area contributed by atoms with Crippen molar-refractivity contribution in [1.29, 1.82) is 0 Å². The number of piperidine rings is 1. The average Bonchev–Trinajstić information content (AvgIpc) is 2.49. The number of likely N-dealkylation sites (tertiary alicyclic amines) is 1. The summed E-state index contributed by atoms with van der Waals surface area (Å²) in [4.78, 5) is 6.39. The molecule has 0 saturated carbocycles. The summed E-state index contributed by atoms with van der Waals surface area (Å²) >= 11 is 0. The highest BCUT2D eigenvalue weighted by atomic mass is 32.2. The van der Waals surface area contributed by atoms with Crippen molar-refractivity contribution >= 4 is 15.7 Å². The topological polar surface area (TPSA) is 74.3 Å². The first kappa shape index (κ1) is 16.2. The van der Waals surface area contributed by atoms with Crippen LogP contribution in [0.25, 0.3) is 0 Å². The van der Waals surface area contributed by atoms with Gasteiger partial charge in [0.05, 0.1) is 5.69 Å². The summed E-state index contributed by atoms with van der Waals surface area (Å²) in [5.74, 6) is 0. The van der Waals surface area contributed by atoms with E-state index in [0.29, 0.717) is 12.2 Å². The van der Waals surface area contributed by atoms with E-state index in [1.807, 2.05) is 0 Å².